The van der Waals surface area contributed by atoms with Gasteiger partial charge in [-0.25, -0.2) is 0 Å². The number of methoxy groups -OCH3 is 3. The zero-order valence-corrected chi connectivity index (χ0v) is 39.3. The lowest BCUT2D eigenvalue weighted by Gasteiger charge is -2.47. The minimum Gasteiger partial charge on any atom is -0.462 e. The summed E-state index contributed by atoms with van der Waals surface area (Å²) in [5.74, 6) is -2.07. The summed E-state index contributed by atoms with van der Waals surface area (Å²) in [6.45, 7) is 8.06. The number of cyclic esters (lactones) is 1. The van der Waals surface area contributed by atoms with E-state index in [-0.39, 0.29) is 66.4 Å². The highest BCUT2D eigenvalue weighted by Crippen LogP contribution is 2.57. The first-order valence-electron chi connectivity index (χ1n) is 23.9. The lowest BCUT2D eigenvalue weighted by molar-refractivity contribution is -0.314. The van der Waals surface area contributed by atoms with E-state index in [4.69, 9.17) is 37.9 Å². The molecule has 0 bridgehead atoms. The summed E-state index contributed by atoms with van der Waals surface area (Å²) in [6.07, 6.45) is 5.05. The van der Waals surface area contributed by atoms with Crippen LogP contribution in [0.25, 0.3) is 10.9 Å². The normalized spacial score (nSPS) is 41.9. The summed E-state index contributed by atoms with van der Waals surface area (Å²) in [7, 11) is 9.07. The number of rotatable bonds is 11. The number of aromatic nitrogens is 1. The van der Waals surface area contributed by atoms with Gasteiger partial charge in [-0.05, 0) is 127 Å². The number of anilines is 1. The van der Waals surface area contributed by atoms with Gasteiger partial charge in [-0.1, -0.05) is 26.0 Å². The Kier molecular flexibility index (Phi) is 15.2. The van der Waals surface area contributed by atoms with Crippen molar-refractivity contribution in [3.63, 3.8) is 0 Å². The zero-order chi connectivity index (χ0) is 45.4. The molecule has 64 heavy (non-hydrogen) atoms. The van der Waals surface area contributed by atoms with Crippen LogP contribution < -0.4 is 5.32 Å². The molecule has 14 nitrogen and oxygen atoms in total. The lowest BCUT2D eigenvalue weighted by atomic mass is 9.62. The van der Waals surface area contributed by atoms with Crippen molar-refractivity contribution in [3.05, 3.63) is 48.2 Å². The van der Waals surface area contributed by atoms with Gasteiger partial charge in [0.2, 0.25) is 0 Å². The Morgan fingerprint density at radius 2 is 1.66 bits per heavy atom. The Morgan fingerprint density at radius 3 is 2.38 bits per heavy atom. The van der Waals surface area contributed by atoms with Gasteiger partial charge in [-0.3, -0.25) is 14.6 Å². The SMILES string of the molecule is CC[C@H]1CCC[C@H](O[C@H]2CC[C@H](N(C)C)C(C)O2)[C@@H](C)C(=O)C2=C[C@H]3[C@@H]4C[C@H](O[C@@H]5OC(C)[C@H](OC)C(OC)[C@@H]5OC)C[C@H]4[C@H](Nc4ccc5ncccc5c4)[C@@H](O)[C@H]3[C@@H]2CC(=O)O1. The van der Waals surface area contributed by atoms with Gasteiger partial charge >= 0.3 is 5.97 Å². The van der Waals surface area contributed by atoms with Crippen LogP contribution in [0.5, 0.6) is 0 Å². The van der Waals surface area contributed by atoms with Gasteiger partial charge < -0.3 is 53.2 Å². The number of esters is 1. The average Bonchev–Trinajstić information content (AvgIpc) is 3.87. The van der Waals surface area contributed by atoms with Gasteiger partial charge in [-0.15, -0.1) is 0 Å². The van der Waals surface area contributed by atoms with Crippen molar-refractivity contribution in [1.29, 1.82) is 0 Å². The number of hydrogen-bond donors (Lipinski definition) is 2. The molecule has 3 saturated heterocycles. The molecule has 2 aromatic rings. The maximum absolute atomic E-state index is 15.2. The highest BCUT2D eigenvalue weighted by Gasteiger charge is 2.60. The Bertz CT molecular complexity index is 1950. The average molecular weight is 892 g/mol. The summed E-state index contributed by atoms with van der Waals surface area (Å²) < 4.78 is 50.4. The molecule has 0 radical (unpaired) electrons. The van der Waals surface area contributed by atoms with Gasteiger partial charge in [0, 0.05) is 62.4 Å². The van der Waals surface area contributed by atoms with E-state index in [1.807, 2.05) is 45.0 Å². The number of carbonyl (C=O) groups is 2. The number of Topliss-reactive ketones (excluding diaryl/α,β-unsaturated/α-hetero) is 1. The van der Waals surface area contributed by atoms with Crippen molar-refractivity contribution < 1.29 is 52.6 Å². The number of pyridine rings is 1. The lowest BCUT2D eigenvalue weighted by Crippen LogP contribution is -2.59. The van der Waals surface area contributed by atoms with E-state index in [1.165, 1.54) is 0 Å². The van der Waals surface area contributed by atoms with Crippen LogP contribution in [0, 0.1) is 35.5 Å². The monoisotopic (exact) mass is 892 g/mol. The second kappa shape index (κ2) is 20.4. The second-order valence-corrected chi connectivity index (χ2v) is 19.7. The standard InChI is InChI=1S/C50H73N3O11/c1-10-31-14-11-15-40(64-42-19-18-39(53(5)6)27(3)60-42)26(2)45(55)37-24-34-33-22-32(63-50-49(59-9)48(58-8)47(57-7)28(4)61-50)23-36(33)44(46(56)43(34)35(37)25-41(54)62-31)52-30-16-17-38-29(21-30)13-12-20-51-38/h12-13,16-17,20-21,24,26-28,31-36,39-40,42-44,46-50,52,56H,10-11,14-15,18-19,22-23,25H2,1-9H3/t26-,27?,28?,31+,32+,33+,34+,35-,36-,39+,40+,42+,43-,44+,46+,47+,48?,49+,50+/m1/s1. The van der Waals surface area contributed by atoms with Crippen molar-refractivity contribution >= 4 is 28.3 Å². The number of ether oxygens (including phenoxy) is 8. The molecule has 354 valence electrons. The number of aliphatic hydroxyl groups excluding tert-OH is 1. The smallest absolute Gasteiger partial charge is 0.306 e. The summed E-state index contributed by atoms with van der Waals surface area (Å²) in [5, 5.41) is 17.7. The molecule has 5 fully saturated rings. The number of nitrogens with one attached hydrogen (secondary N) is 1. The molecule has 3 unspecified atom stereocenters. The number of hydrogen-bond acceptors (Lipinski definition) is 14. The number of fused-ring (bicyclic) bond motifs is 6. The van der Waals surface area contributed by atoms with E-state index in [2.05, 4.69) is 48.4 Å². The first-order chi connectivity index (χ1) is 30.8. The minimum atomic E-state index is -0.911. The number of carbonyl (C=O) groups excluding carboxylic acids is 2. The molecule has 3 aliphatic carbocycles. The van der Waals surface area contributed by atoms with Gasteiger partial charge in [-0.2, -0.15) is 0 Å². The number of nitrogens with zero attached hydrogens (tertiary/aromatic N) is 2. The number of benzene rings is 1. The molecule has 14 heteroatoms. The van der Waals surface area contributed by atoms with E-state index >= 15 is 4.79 Å². The topological polar surface area (TPSA) is 156 Å². The third-order valence-electron chi connectivity index (χ3n) is 15.8. The molecule has 2 saturated carbocycles. The van der Waals surface area contributed by atoms with E-state index < -0.39 is 60.8 Å². The Hall–Kier alpha value is -3.05. The highest BCUT2D eigenvalue weighted by atomic mass is 16.7. The first-order valence-corrected chi connectivity index (χ1v) is 23.9. The Morgan fingerprint density at radius 1 is 0.891 bits per heavy atom. The van der Waals surface area contributed by atoms with E-state index in [0.717, 1.165) is 35.9 Å². The molecule has 2 N–H and O–H groups in total. The van der Waals surface area contributed by atoms with Crippen LogP contribution in [0.15, 0.2) is 48.2 Å². The molecule has 1 aromatic carbocycles. The van der Waals surface area contributed by atoms with Crippen molar-refractivity contribution in [1.82, 2.24) is 9.88 Å². The van der Waals surface area contributed by atoms with E-state index in [1.54, 1.807) is 27.5 Å². The molecule has 6 aliphatic rings. The molecule has 4 heterocycles. The number of ketones is 1. The predicted octanol–water partition coefficient (Wildman–Crippen LogP) is 6.32. The number of aliphatic hydroxyl groups is 1. The van der Waals surface area contributed by atoms with Crippen LogP contribution in [-0.4, -0.2) is 142 Å². The van der Waals surface area contributed by atoms with Crippen molar-refractivity contribution in [2.75, 3.05) is 40.7 Å². The van der Waals surface area contributed by atoms with E-state index in [9.17, 15) is 9.90 Å². The van der Waals surface area contributed by atoms with Crippen LogP contribution >= 0.6 is 0 Å². The molecule has 0 amide bonds. The maximum atomic E-state index is 15.2. The second-order valence-electron chi connectivity index (χ2n) is 19.7. The van der Waals surface area contributed by atoms with Gasteiger partial charge in [0.1, 0.15) is 24.4 Å². The van der Waals surface area contributed by atoms with Gasteiger partial charge in [0.25, 0.3) is 0 Å². The molecule has 8 rings (SSSR count). The predicted molar refractivity (Wildman–Crippen MR) is 240 cm³/mol. The third kappa shape index (κ3) is 9.55. The highest BCUT2D eigenvalue weighted by molar-refractivity contribution is 5.99. The zero-order valence-electron chi connectivity index (χ0n) is 39.3. The molecular weight excluding hydrogens is 819 g/mol. The summed E-state index contributed by atoms with van der Waals surface area (Å²) in [6, 6.07) is 9.87. The fraction of sp³-hybridized carbons (Fsp3) is 0.740. The Labute approximate surface area is 379 Å². The maximum Gasteiger partial charge on any atom is 0.306 e. The van der Waals surface area contributed by atoms with E-state index in [0.29, 0.717) is 43.7 Å². The number of likely N-dealkylation sites (N-methyl/N-ethyl adjacent to an activating group) is 1. The summed E-state index contributed by atoms with van der Waals surface area (Å²) in [4.78, 5) is 35.9. The van der Waals surface area contributed by atoms with Crippen molar-refractivity contribution in [2.45, 2.75) is 165 Å². The minimum absolute atomic E-state index is 0.00773. The molecule has 3 aliphatic heterocycles. The van der Waals surface area contributed by atoms with Crippen LogP contribution in [0.2, 0.25) is 0 Å². The number of allylic oxidation sites excluding steroid dienone is 2. The molecule has 1 aromatic heterocycles. The van der Waals surface area contributed by atoms with Gasteiger partial charge in [0.15, 0.2) is 18.4 Å². The van der Waals surface area contributed by atoms with Crippen LogP contribution in [0.4, 0.5) is 5.69 Å². The quantitative estimate of drug-likeness (QED) is 0.242. The summed E-state index contributed by atoms with van der Waals surface area (Å²) >= 11 is 0. The third-order valence-corrected chi connectivity index (χ3v) is 15.8. The molecular formula is C50H73N3O11. The largest absolute Gasteiger partial charge is 0.462 e. The fourth-order valence-corrected chi connectivity index (χ4v) is 12.6. The van der Waals surface area contributed by atoms with Gasteiger partial charge in [0.05, 0.1) is 48.5 Å². The van der Waals surface area contributed by atoms with Crippen molar-refractivity contribution in [3.8, 4) is 0 Å². The fourth-order valence-electron chi connectivity index (χ4n) is 12.6. The molecule has 19 atom stereocenters. The van der Waals surface area contributed by atoms with Crippen molar-refractivity contribution in [2.24, 2.45) is 35.5 Å². The Balaban J connectivity index is 1.12. The summed E-state index contributed by atoms with van der Waals surface area (Å²) in [5.41, 5.74) is 2.34. The first kappa shape index (κ1) is 47.4. The van der Waals surface area contributed by atoms with Crippen LogP contribution in [0.1, 0.15) is 85.5 Å². The van der Waals surface area contributed by atoms with Crippen LogP contribution in [-0.2, 0) is 47.5 Å². The molecule has 0 spiro atoms. The van der Waals surface area contributed by atoms with Crippen LogP contribution in [0.3, 0.4) is 0 Å².